The van der Waals surface area contributed by atoms with Gasteiger partial charge in [-0.15, -0.1) is 0 Å². The summed E-state index contributed by atoms with van der Waals surface area (Å²) in [5.41, 5.74) is 1.94. The molecule has 0 amide bonds. The van der Waals surface area contributed by atoms with Gasteiger partial charge in [0, 0.05) is 18.2 Å². The van der Waals surface area contributed by atoms with Gasteiger partial charge in [0.2, 0.25) is 5.95 Å². The van der Waals surface area contributed by atoms with E-state index in [1.54, 1.807) is 0 Å². The zero-order valence-electron chi connectivity index (χ0n) is 15.4. The smallest absolute Gasteiger partial charge is 0.226 e. The number of anilines is 1. The lowest BCUT2D eigenvalue weighted by Crippen LogP contribution is -2.02. The average Bonchev–Trinajstić information content (AvgIpc) is 2.79. The quantitative estimate of drug-likeness (QED) is 0.427. The molecule has 5 aromatic rings. The van der Waals surface area contributed by atoms with Crippen LogP contribution in [0.15, 0.2) is 84.9 Å². The number of nitrogens with one attached hydrogen (secondary N) is 1. The van der Waals surface area contributed by atoms with E-state index in [0.717, 1.165) is 11.1 Å². The van der Waals surface area contributed by atoms with Crippen molar-refractivity contribution in [2.45, 2.75) is 0 Å². The van der Waals surface area contributed by atoms with Crippen LogP contribution in [0, 0.1) is 0 Å². The van der Waals surface area contributed by atoms with E-state index in [4.69, 9.17) is 4.98 Å². The number of aromatic nitrogens is 3. The van der Waals surface area contributed by atoms with Crippen LogP contribution in [0.5, 0.6) is 0 Å². The Labute approximate surface area is 162 Å². The third-order valence-electron chi connectivity index (χ3n) is 4.90. The predicted octanol–water partition coefficient (Wildman–Crippen LogP) is 5.55. The van der Waals surface area contributed by atoms with Crippen LogP contribution in [-0.4, -0.2) is 22.0 Å². The van der Waals surface area contributed by atoms with E-state index in [0.29, 0.717) is 17.6 Å². The largest absolute Gasteiger partial charge is 0.357 e. The summed E-state index contributed by atoms with van der Waals surface area (Å²) in [6.45, 7) is 0. The molecule has 0 unspecified atom stereocenters. The molecule has 0 aliphatic heterocycles. The zero-order valence-corrected chi connectivity index (χ0v) is 15.4. The van der Waals surface area contributed by atoms with Crippen molar-refractivity contribution in [3.8, 4) is 22.8 Å². The molecule has 0 fully saturated rings. The molecule has 0 saturated heterocycles. The van der Waals surface area contributed by atoms with Crippen molar-refractivity contribution in [3.05, 3.63) is 84.9 Å². The molecule has 28 heavy (non-hydrogen) atoms. The van der Waals surface area contributed by atoms with Crippen molar-refractivity contribution in [1.29, 1.82) is 0 Å². The van der Waals surface area contributed by atoms with E-state index in [1.807, 2.05) is 37.4 Å². The van der Waals surface area contributed by atoms with Crippen molar-refractivity contribution >= 4 is 27.5 Å². The van der Waals surface area contributed by atoms with Crippen LogP contribution in [-0.2, 0) is 0 Å². The summed E-state index contributed by atoms with van der Waals surface area (Å²) in [5, 5.41) is 7.91. The zero-order chi connectivity index (χ0) is 18.9. The van der Waals surface area contributed by atoms with Gasteiger partial charge < -0.3 is 5.32 Å². The minimum absolute atomic E-state index is 0.557. The molecule has 1 aromatic heterocycles. The minimum atomic E-state index is 0.557. The Morgan fingerprint density at radius 1 is 0.571 bits per heavy atom. The highest BCUT2D eigenvalue weighted by Crippen LogP contribution is 2.29. The lowest BCUT2D eigenvalue weighted by molar-refractivity contribution is 1.06. The number of nitrogens with zero attached hydrogens (tertiary/aromatic N) is 3. The number of rotatable bonds is 3. The molecule has 0 aliphatic rings. The van der Waals surface area contributed by atoms with Crippen LogP contribution in [0.1, 0.15) is 0 Å². The highest BCUT2D eigenvalue weighted by Gasteiger charge is 2.11. The van der Waals surface area contributed by atoms with Crippen molar-refractivity contribution in [3.63, 3.8) is 0 Å². The highest BCUT2D eigenvalue weighted by molar-refractivity contribution is 6.08. The molecule has 134 valence electrons. The van der Waals surface area contributed by atoms with Gasteiger partial charge in [-0.2, -0.15) is 9.97 Å². The monoisotopic (exact) mass is 362 g/mol. The second-order valence-corrected chi connectivity index (χ2v) is 6.64. The molecule has 0 spiro atoms. The van der Waals surface area contributed by atoms with Crippen LogP contribution < -0.4 is 5.32 Å². The summed E-state index contributed by atoms with van der Waals surface area (Å²) in [6, 6.07) is 29.1. The summed E-state index contributed by atoms with van der Waals surface area (Å²) >= 11 is 0. The second kappa shape index (κ2) is 6.74. The summed E-state index contributed by atoms with van der Waals surface area (Å²) in [5.74, 6) is 1.88. The van der Waals surface area contributed by atoms with Crippen molar-refractivity contribution in [1.82, 2.24) is 15.0 Å². The van der Waals surface area contributed by atoms with Crippen LogP contribution in [0.4, 0.5) is 5.95 Å². The third kappa shape index (κ3) is 2.85. The number of benzene rings is 4. The number of hydrogen-bond donors (Lipinski definition) is 1. The summed E-state index contributed by atoms with van der Waals surface area (Å²) in [4.78, 5) is 13.9. The topological polar surface area (TPSA) is 50.7 Å². The molecule has 0 aliphatic carbocycles. The Morgan fingerprint density at radius 2 is 1.21 bits per heavy atom. The van der Waals surface area contributed by atoms with Gasteiger partial charge in [0.05, 0.1) is 0 Å². The van der Waals surface area contributed by atoms with Crippen LogP contribution >= 0.6 is 0 Å². The molecule has 0 atom stereocenters. The van der Waals surface area contributed by atoms with E-state index < -0.39 is 0 Å². The fourth-order valence-electron chi connectivity index (χ4n) is 3.47. The van der Waals surface area contributed by atoms with Gasteiger partial charge in [0.25, 0.3) is 0 Å². The Bertz CT molecular complexity index is 1300. The molecular formula is C24H18N4. The van der Waals surface area contributed by atoms with E-state index in [9.17, 15) is 0 Å². The number of hydrogen-bond acceptors (Lipinski definition) is 4. The molecule has 4 aromatic carbocycles. The summed E-state index contributed by atoms with van der Waals surface area (Å²) in [7, 11) is 1.82. The second-order valence-electron chi connectivity index (χ2n) is 6.64. The molecule has 1 N–H and O–H groups in total. The summed E-state index contributed by atoms with van der Waals surface area (Å²) in [6.07, 6.45) is 0. The maximum atomic E-state index is 4.75. The van der Waals surface area contributed by atoms with Gasteiger partial charge in [-0.3, -0.25) is 0 Å². The molecule has 4 nitrogen and oxygen atoms in total. The third-order valence-corrected chi connectivity index (χ3v) is 4.90. The van der Waals surface area contributed by atoms with Crippen LogP contribution in [0.3, 0.4) is 0 Å². The molecule has 4 heteroatoms. The molecular weight excluding hydrogens is 344 g/mol. The SMILES string of the molecule is CNc1nc(-c2ccccc2)nc(-c2ccc3ccc4ccccc4c3c2)n1. The van der Waals surface area contributed by atoms with Crippen molar-refractivity contribution < 1.29 is 0 Å². The average molecular weight is 362 g/mol. The van der Waals surface area contributed by atoms with Gasteiger partial charge >= 0.3 is 0 Å². The first-order valence-electron chi connectivity index (χ1n) is 9.23. The number of fused-ring (bicyclic) bond motifs is 3. The van der Waals surface area contributed by atoms with Crippen LogP contribution in [0.25, 0.3) is 44.3 Å². The van der Waals surface area contributed by atoms with Gasteiger partial charge in [-0.1, -0.05) is 78.9 Å². The lowest BCUT2D eigenvalue weighted by atomic mass is 10.00. The molecule has 5 rings (SSSR count). The van der Waals surface area contributed by atoms with E-state index >= 15 is 0 Å². The maximum absolute atomic E-state index is 4.75. The van der Waals surface area contributed by atoms with E-state index in [1.165, 1.54) is 21.5 Å². The van der Waals surface area contributed by atoms with Gasteiger partial charge in [-0.25, -0.2) is 4.98 Å². The molecule has 0 bridgehead atoms. The van der Waals surface area contributed by atoms with E-state index in [-0.39, 0.29) is 0 Å². The first-order chi connectivity index (χ1) is 13.8. The van der Waals surface area contributed by atoms with Crippen LogP contribution in [0.2, 0.25) is 0 Å². The lowest BCUT2D eigenvalue weighted by Gasteiger charge is -2.09. The predicted molar refractivity (Wildman–Crippen MR) is 115 cm³/mol. The van der Waals surface area contributed by atoms with Crippen molar-refractivity contribution in [2.75, 3.05) is 12.4 Å². The summed E-state index contributed by atoms with van der Waals surface area (Å²) < 4.78 is 0. The first-order valence-corrected chi connectivity index (χ1v) is 9.23. The van der Waals surface area contributed by atoms with E-state index in [2.05, 4.69) is 69.9 Å². The molecule has 1 heterocycles. The Balaban J connectivity index is 1.72. The fraction of sp³-hybridized carbons (Fsp3) is 0.0417. The van der Waals surface area contributed by atoms with Crippen molar-refractivity contribution in [2.24, 2.45) is 0 Å². The highest BCUT2D eigenvalue weighted by atomic mass is 15.1. The maximum Gasteiger partial charge on any atom is 0.226 e. The minimum Gasteiger partial charge on any atom is -0.357 e. The standard InChI is InChI=1S/C24H18N4/c1-25-24-27-22(18-8-3-2-4-9-18)26-23(28-24)19-14-13-17-12-11-16-7-5-6-10-20(16)21(17)15-19/h2-15H,1H3,(H,25,26,27,28). The molecule has 0 radical (unpaired) electrons. The first kappa shape index (κ1) is 16.4. The molecule has 0 saturated carbocycles. The van der Waals surface area contributed by atoms with Gasteiger partial charge in [-0.05, 0) is 27.6 Å². The van der Waals surface area contributed by atoms with Gasteiger partial charge in [0.1, 0.15) is 0 Å². The fourth-order valence-corrected chi connectivity index (χ4v) is 3.47. The Hall–Kier alpha value is -3.79. The van der Waals surface area contributed by atoms with Gasteiger partial charge in [0.15, 0.2) is 11.6 Å². The normalized spacial score (nSPS) is 11.0. The Morgan fingerprint density at radius 3 is 2.00 bits per heavy atom. The Kier molecular flexibility index (Phi) is 3.95.